The topological polar surface area (TPSA) is 32.3 Å². The predicted octanol–water partition coefficient (Wildman–Crippen LogP) is 2.01. The van der Waals surface area contributed by atoms with Gasteiger partial charge in [0.25, 0.3) is 0 Å². The van der Waals surface area contributed by atoms with E-state index in [1.807, 2.05) is 24.3 Å². The van der Waals surface area contributed by atoms with Gasteiger partial charge in [0.1, 0.15) is 0 Å². The molecule has 1 rings (SSSR count). The van der Waals surface area contributed by atoms with Crippen LogP contribution in [0.4, 0.5) is 5.69 Å². The number of nitrogens with one attached hydrogen (secondary N) is 1. The van der Waals surface area contributed by atoms with Crippen LogP contribution in [-0.4, -0.2) is 24.4 Å². The lowest BCUT2D eigenvalue weighted by Crippen LogP contribution is -2.21. The highest BCUT2D eigenvalue weighted by atomic mass is 16.1. The maximum atomic E-state index is 10.1. The Bertz CT molecular complexity index is 291. The highest BCUT2D eigenvalue weighted by molar-refractivity contribution is 5.71. The maximum Gasteiger partial charge on any atom is 0.314 e. The number of hydrogen-bond acceptors (Lipinski definition) is 2. The van der Waals surface area contributed by atoms with E-state index >= 15 is 0 Å². The zero-order valence-corrected chi connectivity index (χ0v) is 9.29. The standard InChI is InChI=1S/C12H17N2O/c1-3-14(4-2)9-11-5-7-12(8-6-11)13-10-15/h5-8H,3-4,9H2,1-2H3,(H,13,15). The van der Waals surface area contributed by atoms with Crippen LogP contribution < -0.4 is 5.32 Å². The average Bonchev–Trinajstić information content (AvgIpc) is 2.28. The van der Waals surface area contributed by atoms with Gasteiger partial charge < -0.3 is 5.32 Å². The molecule has 0 bridgehead atoms. The van der Waals surface area contributed by atoms with Crippen LogP contribution in [-0.2, 0) is 11.3 Å². The molecule has 0 unspecified atom stereocenters. The van der Waals surface area contributed by atoms with Crippen molar-refractivity contribution in [3.05, 3.63) is 29.8 Å². The number of carbonyl (C=O) groups excluding carboxylic acids is 1. The van der Waals surface area contributed by atoms with Crippen LogP contribution in [0.25, 0.3) is 0 Å². The van der Waals surface area contributed by atoms with E-state index in [4.69, 9.17) is 0 Å². The number of nitrogens with zero attached hydrogens (tertiary/aromatic N) is 1. The van der Waals surface area contributed by atoms with E-state index in [1.165, 1.54) is 5.56 Å². The zero-order chi connectivity index (χ0) is 11.1. The van der Waals surface area contributed by atoms with E-state index in [2.05, 4.69) is 24.1 Å². The van der Waals surface area contributed by atoms with E-state index < -0.39 is 0 Å². The van der Waals surface area contributed by atoms with Crippen LogP contribution in [0, 0.1) is 0 Å². The molecule has 0 fully saturated rings. The summed E-state index contributed by atoms with van der Waals surface area (Å²) in [6.07, 6.45) is 1.66. The number of rotatable bonds is 6. The van der Waals surface area contributed by atoms with Crippen LogP contribution in [0.5, 0.6) is 0 Å². The van der Waals surface area contributed by atoms with Crippen molar-refractivity contribution in [2.45, 2.75) is 20.4 Å². The molecule has 1 N–H and O–H groups in total. The van der Waals surface area contributed by atoms with Crippen molar-refractivity contribution in [2.24, 2.45) is 0 Å². The Balaban J connectivity index is 2.59. The molecule has 15 heavy (non-hydrogen) atoms. The molecule has 0 aliphatic rings. The molecule has 0 aromatic heterocycles. The van der Waals surface area contributed by atoms with Crippen LogP contribution in [0.2, 0.25) is 0 Å². The van der Waals surface area contributed by atoms with Gasteiger partial charge in [-0.3, -0.25) is 9.69 Å². The average molecular weight is 205 g/mol. The minimum Gasteiger partial charge on any atom is -0.318 e. The van der Waals surface area contributed by atoms with Gasteiger partial charge in [0.05, 0.1) is 0 Å². The zero-order valence-electron chi connectivity index (χ0n) is 9.29. The van der Waals surface area contributed by atoms with Gasteiger partial charge in [0.15, 0.2) is 0 Å². The van der Waals surface area contributed by atoms with Crippen LogP contribution in [0.3, 0.4) is 0 Å². The fourth-order valence-corrected chi connectivity index (χ4v) is 1.46. The second-order valence-electron chi connectivity index (χ2n) is 3.39. The number of amides is 1. The number of anilines is 1. The summed E-state index contributed by atoms with van der Waals surface area (Å²) in [7, 11) is 0. The summed E-state index contributed by atoms with van der Waals surface area (Å²) in [5, 5.41) is 2.50. The van der Waals surface area contributed by atoms with E-state index in [9.17, 15) is 4.79 Å². The first-order chi connectivity index (χ1) is 7.30. The Hall–Kier alpha value is -1.35. The smallest absolute Gasteiger partial charge is 0.314 e. The lowest BCUT2D eigenvalue weighted by atomic mass is 10.2. The lowest BCUT2D eigenvalue weighted by molar-refractivity contribution is 0.296. The quantitative estimate of drug-likeness (QED) is 0.720. The first-order valence-corrected chi connectivity index (χ1v) is 5.24. The largest absolute Gasteiger partial charge is 0.318 e. The fraction of sp³-hybridized carbons (Fsp3) is 0.417. The molecule has 0 saturated carbocycles. The van der Waals surface area contributed by atoms with E-state index in [0.29, 0.717) is 0 Å². The van der Waals surface area contributed by atoms with Crippen molar-refractivity contribution >= 4 is 12.1 Å². The van der Waals surface area contributed by atoms with Gasteiger partial charge >= 0.3 is 6.41 Å². The first kappa shape index (κ1) is 11.7. The van der Waals surface area contributed by atoms with E-state index in [0.717, 1.165) is 25.3 Å². The molecular formula is C12H17N2O. The number of benzene rings is 1. The molecule has 0 aliphatic carbocycles. The first-order valence-electron chi connectivity index (χ1n) is 5.24. The molecule has 3 heteroatoms. The molecule has 0 heterocycles. The summed E-state index contributed by atoms with van der Waals surface area (Å²) in [4.78, 5) is 12.4. The van der Waals surface area contributed by atoms with Crippen LogP contribution in [0.15, 0.2) is 24.3 Å². The van der Waals surface area contributed by atoms with Gasteiger partial charge in [-0.25, -0.2) is 0 Å². The Kier molecular flexibility index (Phi) is 4.84. The van der Waals surface area contributed by atoms with Crippen molar-refractivity contribution < 1.29 is 4.79 Å². The normalized spacial score (nSPS) is 10.3. The second kappa shape index (κ2) is 6.19. The summed E-state index contributed by atoms with van der Waals surface area (Å²) in [5.41, 5.74) is 2.04. The Labute approximate surface area is 91.1 Å². The molecule has 0 atom stereocenters. The Morgan fingerprint density at radius 2 is 1.80 bits per heavy atom. The molecule has 0 aliphatic heterocycles. The molecule has 3 nitrogen and oxygen atoms in total. The van der Waals surface area contributed by atoms with Gasteiger partial charge in [0, 0.05) is 12.2 Å². The van der Waals surface area contributed by atoms with E-state index in [1.54, 1.807) is 6.41 Å². The third-order valence-corrected chi connectivity index (χ3v) is 2.45. The fourth-order valence-electron chi connectivity index (χ4n) is 1.46. The van der Waals surface area contributed by atoms with Gasteiger partial charge in [0.2, 0.25) is 0 Å². The summed E-state index contributed by atoms with van der Waals surface area (Å²) in [6, 6.07) is 7.84. The van der Waals surface area contributed by atoms with Gasteiger partial charge in [-0.15, -0.1) is 0 Å². The minimum atomic E-state index is 0.785. The molecule has 1 aromatic rings. The molecule has 1 aromatic carbocycles. The third-order valence-electron chi connectivity index (χ3n) is 2.45. The second-order valence-corrected chi connectivity index (χ2v) is 3.39. The van der Waals surface area contributed by atoms with Crippen LogP contribution >= 0.6 is 0 Å². The summed E-state index contributed by atoms with van der Waals surface area (Å²) < 4.78 is 0. The summed E-state index contributed by atoms with van der Waals surface area (Å²) in [6.45, 7) is 7.37. The monoisotopic (exact) mass is 205 g/mol. The van der Waals surface area contributed by atoms with Gasteiger partial charge in [-0.2, -0.15) is 0 Å². The Morgan fingerprint density at radius 1 is 1.20 bits per heavy atom. The van der Waals surface area contributed by atoms with Gasteiger partial charge in [-0.05, 0) is 30.8 Å². The van der Waals surface area contributed by atoms with Crippen molar-refractivity contribution in [2.75, 3.05) is 18.4 Å². The molecule has 0 saturated heterocycles. The van der Waals surface area contributed by atoms with Crippen molar-refractivity contribution in [3.63, 3.8) is 0 Å². The third kappa shape index (κ3) is 3.72. The highest BCUT2D eigenvalue weighted by Crippen LogP contribution is 2.10. The summed E-state index contributed by atoms with van der Waals surface area (Å²) >= 11 is 0. The SMILES string of the molecule is CCN(CC)Cc1ccc(N[C]=O)cc1. The molecule has 1 amide bonds. The maximum absolute atomic E-state index is 10.1. The molecule has 1 radical (unpaired) electrons. The van der Waals surface area contributed by atoms with Crippen molar-refractivity contribution in [3.8, 4) is 0 Å². The highest BCUT2D eigenvalue weighted by Gasteiger charge is 2.00. The molecular weight excluding hydrogens is 188 g/mol. The van der Waals surface area contributed by atoms with Crippen LogP contribution in [0.1, 0.15) is 19.4 Å². The van der Waals surface area contributed by atoms with Gasteiger partial charge in [-0.1, -0.05) is 26.0 Å². The Morgan fingerprint density at radius 3 is 2.27 bits per heavy atom. The molecule has 81 valence electrons. The van der Waals surface area contributed by atoms with Crippen molar-refractivity contribution in [1.29, 1.82) is 0 Å². The number of hydrogen-bond donors (Lipinski definition) is 1. The molecule has 0 spiro atoms. The lowest BCUT2D eigenvalue weighted by Gasteiger charge is -2.17. The predicted molar refractivity (Wildman–Crippen MR) is 62.4 cm³/mol. The minimum absolute atomic E-state index is 0.785. The van der Waals surface area contributed by atoms with E-state index in [-0.39, 0.29) is 0 Å². The summed E-state index contributed by atoms with van der Waals surface area (Å²) in [5.74, 6) is 0. The van der Waals surface area contributed by atoms with Crippen molar-refractivity contribution in [1.82, 2.24) is 4.90 Å².